The van der Waals surface area contributed by atoms with E-state index in [1.807, 2.05) is 66.7 Å². The van der Waals surface area contributed by atoms with Gasteiger partial charge in [-0.2, -0.15) is 8.75 Å². The summed E-state index contributed by atoms with van der Waals surface area (Å²) >= 11 is 1.22. The first-order valence-electron chi connectivity index (χ1n) is 12.1. The third-order valence-electron chi connectivity index (χ3n) is 3.76. The van der Waals surface area contributed by atoms with Gasteiger partial charge in [-0.3, -0.25) is 4.79 Å². The van der Waals surface area contributed by atoms with Crippen molar-refractivity contribution < 1.29 is 14.3 Å². The second-order valence-electron chi connectivity index (χ2n) is 8.69. The molecule has 0 fully saturated rings. The number of nitrogens with zero attached hydrogens (tertiary/aromatic N) is 3. The Kier molecular flexibility index (Phi) is 19.9. The van der Waals surface area contributed by atoms with Crippen LogP contribution in [0.15, 0.2) is 28.7 Å². The molecule has 1 aromatic carbocycles. The summed E-state index contributed by atoms with van der Waals surface area (Å²) in [5.74, 6) is 3.58. The SMILES string of the molecule is CC.CC(C)C.CN(C)C.CNc1cccc(C=O)c1O.Cc1cc(CNc2nsnc2C)oc1C. The van der Waals surface area contributed by atoms with Crippen LogP contribution >= 0.6 is 11.7 Å². The average molecular weight is 522 g/mol. The molecule has 0 amide bonds. The number of carbonyl (C=O) groups excluding carboxylic acids is 1. The predicted molar refractivity (Wildman–Crippen MR) is 155 cm³/mol. The summed E-state index contributed by atoms with van der Waals surface area (Å²) in [7, 11) is 7.68. The number of phenols is 1. The highest BCUT2D eigenvalue weighted by Crippen LogP contribution is 2.25. The Labute approximate surface area is 222 Å². The van der Waals surface area contributed by atoms with Crippen molar-refractivity contribution >= 4 is 29.5 Å². The first-order chi connectivity index (χ1) is 16.9. The number of anilines is 2. The Morgan fingerprint density at radius 2 is 1.67 bits per heavy atom. The van der Waals surface area contributed by atoms with Crippen molar-refractivity contribution in [1.82, 2.24) is 13.6 Å². The second kappa shape index (κ2) is 20.3. The van der Waals surface area contributed by atoms with E-state index < -0.39 is 0 Å². The fourth-order valence-electron chi connectivity index (χ4n) is 2.16. The molecule has 0 saturated carbocycles. The Morgan fingerprint density at radius 3 is 2.06 bits per heavy atom. The number of aromatic nitrogens is 2. The van der Waals surface area contributed by atoms with Crippen LogP contribution in [0, 0.1) is 26.7 Å². The molecule has 8 nitrogen and oxygen atoms in total. The highest BCUT2D eigenvalue weighted by molar-refractivity contribution is 6.99. The number of nitrogens with one attached hydrogen (secondary N) is 2. The van der Waals surface area contributed by atoms with Gasteiger partial charge in [0.2, 0.25) is 0 Å². The van der Waals surface area contributed by atoms with E-state index in [1.165, 1.54) is 17.3 Å². The molecule has 0 atom stereocenters. The maximum absolute atomic E-state index is 10.3. The minimum atomic E-state index is 0.00463. The number of carbonyl (C=O) groups is 1. The van der Waals surface area contributed by atoms with Gasteiger partial charge in [0.1, 0.15) is 17.3 Å². The topological polar surface area (TPSA) is 104 Å². The predicted octanol–water partition coefficient (Wildman–Crippen LogP) is 6.78. The molecular weight excluding hydrogens is 474 g/mol. The van der Waals surface area contributed by atoms with Crippen molar-refractivity contribution in [3.05, 3.63) is 52.6 Å². The smallest absolute Gasteiger partial charge is 0.163 e. The maximum atomic E-state index is 10.3. The number of para-hydroxylation sites is 1. The molecule has 0 bridgehead atoms. The van der Waals surface area contributed by atoms with Gasteiger partial charge in [0.05, 0.1) is 35.2 Å². The van der Waals surface area contributed by atoms with Crippen LogP contribution in [0.2, 0.25) is 0 Å². The third-order valence-corrected chi connectivity index (χ3v) is 4.38. The van der Waals surface area contributed by atoms with Crippen molar-refractivity contribution in [3.8, 4) is 5.75 Å². The lowest BCUT2D eigenvalue weighted by Gasteiger charge is -2.03. The number of hydrogen-bond donors (Lipinski definition) is 3. The standard InChI is InChI=1S/C10H13N3OS.C8H9NO2.C4H10.C3H9N.C2H6/c1-6-4-9(14-8(6)3)5-11-10-7(2)12-15-13-10;1-9-7-4-2-3-6(5-10)8(7)11;2*1-4(2)3;1-2/h4H,5H2,1-3H3,(H,11,13);2-5,9,11H,1H3;4H,1-3H3;1-3H3;1-2H3. The maximum Gasteiger partial charge on any atom is 0.163 e. The highest BCUT2D eigenvalue weighted by Gasteiger charge is 2.06. The summed E-state index contributed by atoms with van der Waals surface area (Å²) in [6.45, 7) is 17.1. The van der Waals surface area contributed by atoms with Crippen molar-refractivity contribution in [2.75, 3.05) is 38.8 Å². The lowest BCUT2D eigenvalue weighted by atomic mass is 10.2. The molecule has 2 aromatic heterocycles. The van der Waals surface area contributed by atoms with E-state index in [1.54, 1.807) is 25.2 Å². The van der Waals surface area contributed by atoms with Crippen LogP contribution in [-0.2, 0) is 6.54 Å². The Bertz CT molecular complexity index is 937. The van der Waals surface area contributed by atoms with Crippen LogP contribution in [0.4, 0.5) is 11.5 Å². The number of rotatable bonds is 5. The average Bonchev–Trinajstić information content (AvgIpc) is 3.37. The molecule has 2 heterocycles. The third kappa shape index (κ3) is 15.9. The molecule has 0 aliphatic rings. The minimum absolute atomic E-state index is 0.00463. The van der Waals surface area contributed by atoms with Crippen LogP contribution in [0.5, 0.6) is 5.75 Å². The first-order valence-corrected chi connectivity index (χ1v) is 12.8. The van der Waals surface area contributed by atoms with E-state index in [0.717, 1.165) is 29.0 Å². The summed E-state index contributed by atoms with van der Waals surface area (Å²) in [4.78, 5) is 12.3. The molecule has 36 heavy (non-hydrogen) atoms. The molecule has 0 aliphatic carbocycles. The zero-order valence-electron chi connectivity index (χ0n) is 24.2. The van der Waals surface area contributed by atoms with Crippen LogP contribution in [0.25, 0.3) is 0 Å². The van der Waals surface area contributed by atoms with Gasteiger partial charge in [-0.15, -0.1) is 0 Å². The quantitative estimate of drug-likeness (QED) is 0.249. The van der Waals surface area contributed by atoms with Gasteiger partial charge in [-0.25, -0.2) is 0 Å². The molecule has 3 aromatic rings. The van der Waals surface area contributed by atoms with Crippen LogP contribution in [-0.4, -0.2) is 53.2 Å². The summed E-state index contributed by atoms with van der Waals surface area (Å²) < 4.78 is 13.8. The van der Waals surface area contributed by atoms with Crippen molar-refractivity contribution in [3.63, 3.8) is 0 Å². The van der Waals surface area contributed by atoms with Crippen molar-refractivity contribution in [2.24, 2.45) is 5.92 Å². The van der Waals surface area contributed by atoms with Gasteiger partial charge in [0.15, 0.2) is 12.1 Å². The van der Waals surface area contributed by atoms with E-state index in [4.69, 9.17) is 4.42 Å². The second-order valence-corrected chi connectivity index (χ2v) is 9.22. The normalized spacial score (nSPS) is 9.39. The van der Waals surface area contributed by atoms with Crippen molar-refractivity contribution in [1.29, 1.82) is 0 Å². The zero-order chi connectivity index (χ0) is 28.3. The van der Waals surface area contributed by atoms with Crippen molar-refractivity contribution in [2.45, 2.75) is 61.9 Å². The molecule has 0 aliphatic heterocycles. The van der Waals surface area contributed by atoms with Crippen LogP contribution < -0.4 is 10.6 Å². The van der Waals surface area contributed by atoms with E-state index in [2.05, 4.69) is 40.2 Å². The highest BCUT2D eigenvalue weighted by atomic mass is 32.1. The van der Waals surface area contributed by atoms with Crippen LogP contribution in [0.3, 0.4) is 0 Å². The summed E-state index contributed by atoms with van der Waals surface area (Å²) in [6, 6.07) is 7.00. The number of aryl methyl sites for hydroxylation is 3. The Hall–Kier alpha value is -2.91. The number of aromatic hydroxyl groups is 1. The molecule has 3 rings (SSSR count). The molecule has 0 radical (unpaired) electrons. The molecule has 0 spiro atoms. The van der Waals surface area contributed by atoms with Gasteiger partial charge >= 0.3 is 0 Å². The number of phenolic OH excluding ortho intramolecular Hbond substituents is 1. The summed E-state index contributed by atoms with van der Waals surface area (Å²) in [5, 5.41) is 15.2. The van der Waals surface area contributed by atoms with Gasteiger partial charge in [-0.1, -0.05) is 40.7 Å². The Balaban J connectivity index is 0. The number of aldehydes is 1. The molecule has 3 N–H and O–H groups in total. The number of benzene rings is 1. The summed E-state index contributed by atoms with van der Waals surface area (Å²) in [6.07, 6.45) is 0.621. The fraction of sp³-hybridized carbons (Fsp3) is 0.519. The number of furan rings is 1. The summed E-state index contributed by atoms with van der Waals surface area (Å²) in [5.41, 5.74) is 2.98. The monoisotopic (exact) mass is 521 g/mol. The zero-order valence-corrected chi connectivity index (χ0v) is 25.0. The van der Waals surface area contributed by atoms with E-state index in [9.17, 15) is 9.90 Å². The molecule has 9 heteroatoms. The largest absolute Gasteiger partial charge is 0.505 e. The van der Waals surface area contributed by atoms with Crippen LogP contribution in [0.1, 0.15) is 67.8 Å². The van der Waals surface area contributed by atoms with Gasteiger partial charge in [-0.05, 0) is 71.6 Å². The van der Waals surface area contributed by atoms with E-state index >= 15 is 0 Å². The lowest BCUT2D eigenvalue weighted by Crippen LogP contribution is -1.99. The molecule has 0 unspecified atom stereocenters. The molecule has 204 valence electrons. The first kappa shape index (κ1) is 35.3. The van der Waals surface area contributed by atoms with Gasteiger partial charge in [0, 0.05) is 7.05 Å². The molecule has 0 saturated heterocycles. The van der Waals surface area contributed by atoms with E-state index in [0.29, 0.717) is 24.1 Å². The minimum Gasteiger partial charge on any atom is -0.505 e. The Morgan fingerprint density at radius 1 is 1.11 bits per heavy atom. The fourth-order valence-corrected chi connectivity index (χ4v) is 2.69. The number of hydrogen-bond acceptors (Lipinski definition) is 9. The van der Waals surface area contributed by atoms with E-state index in [-0.39, 0.29) is 5.75 Å². The lowest BCUT2D eigenvalue weighted by molar-refractivity contribution is 0.112. The van der Waals surface area contributed by atoms with Gasteiger partial charge < -0.3 is 25.1 Å². The van der Waals surface area contributed by atoms with Gasteiger partial charge in [0.25, 0.3) is 0 Å². The molecular formula is C27H47N5O3S.